The summed E-state index contributed by atoms with van der Waals surface area (Å²) in [5.41, 5.74) is 5.09. The predicted octanol–water partition coefficient (Wildman–Crippen LogP) is 0.448. The summed E-state index contributed by atoms with van der Waals surface area (Å²) in [6, 6.07) is 9.59. The van der Waals surface area contributed by atoms with Crippen LogP contribution in [0.3, 0.4) is 0 Å². The Kier molecular flexibility index (Phi) is 5.92. The molecule has 0 saturated carbocycles. The van der Waals surface area contributed by atoms with Crippen molar-refractivity contribution in [1.82, 2.24) is 9.55 Å². The summed E-state index contributed by atoms with van der Waals surface area (Å²) < 4.78 is 27.7. The molecule has 0 spiro atoms. The Labute approximate surface area is 158 Å². The molecule has 2 aromatic rings. The van der Waals surface area contributed by atoms with Crippen molar-refractivity contribution in [3.63, 3.8) is 0 Å². The predicted molar refractivity (Wildman–Crippen MR) is 95.1 cm³/mol. The van der Waals surface area contributed by atoms with Crippen LogP contribution in [0.1, 0.15) is 23.0 Å². The van der Waals surface area contributed by atoms with Crippen molar-refractivity contribution in [2.24, 2.45) is 0 Å². The number of aromatic nitrogens is 2. The average molecular weight is 411 g/mol. The fourth-order valence-electron chi connectivity index (χ4n) is 2.74. The van der Waals surface area contributed by atoms with Crippen LogP contribution in [0.25, 0.3) is 0 Å². The van der Waals surface area contributed by atoms with Gasteiger partial charge in [0.15, 0.2) is 0 Å². The molecule has 0 bridgehead atoms. The third-order valence-electron chi connectivity index (χ3n) is 4.02. The summed E-state index contributed by atoms with van der Waals surface area (Å²) in [5, 5.41) is 0. The minimum Gasteiger partial charge on any atom is -0.456 e. The van der Waals surface area contributed by atoms with Crippen molar-refractivity contribution in [1.29, 1.82) is 0 Å². The van der Waals surface area contributed by atoms with Gasteiger partial charge in [-0.05, 0) is 18.2 Å². The van der Waals surface area contributed by atoms with Crippen LogP contribution in [-0.2, 0) is 18.6 Å². The van der Waals surface area contributed by atoms with E-state index in [9.17, 15) is 14.2 Å². The zero-order chi connectivity index (χ0) is 20.3. The summed E-state index contributed by atoms with van der Waals surface area (Å²) in [7, 11) is -4.76. The van der Waals surface area contributed by atoms with Crippen LogP contribution in [0.4, 0.5) is 5.82 Å². The second-order valence-corrected chi connectivity index (χ2v) is 7.24. The molecule has 1 saturated heterocycles. The van der Waals surface area contributed by atoms with Crippen LogP contribution in [0, 0.1) is 0 Å². The Hall–Kier alpha value is -2.56. The highest BCUT2D eigenvalue weighted by atomic mass is 31.2. The summed E-state index contributed by atoms with van der Waals surface area (Å²) in [5.74, 6) is -0.605. The van der Waals surface area contributed by atoms with Gasteiger partial charge in [-0.25, -0.2) is 14.2 Å². The molecule has 0 radical (unpaired) electrons. The monoisotopic (exact) mass is 411 g/mol. The van der Waals surface area contributed by atoms with E-state index in [0.29, 0.717) is 5.56 Å². The smallest absolute Gasteiger partial charge is 0.456 e. The number of hydrogen-bond acceptors (Lipinski definition) is 8. The number of nitrogens with zero attached hydrogens (tertiary/aromatic N) is 2. The maximum absolute atomic E-state index is 12.3. The van der Waals surface area contributed by atoms with E-state index in [1.54, 1.807) is 30.3 Å². The van der Waals surface area contributed by atoms with E-state index in [4.69, 9.17) is 25.0 Å². The second kappa shape index (κ2) is 8.21. The van der Waals surface area contributed by atoms with Gasteiger partial charge in [0.05, 0.1) is 12.2 Å². The lowest BCUT2D eigenvalue weighted by Crippen LogP contribution is -2.31. The number of carbonyl (C=O) groups excluding carboxylic acids is 1. The van der Waals surface area contributed by atoms with E-state index in [0.717, 1.165) is 4.57 Å². The van der Waals surface area contributed by atoms with Crippen LogP contribution in [0.2, 0.25) is 0 Å². The van der Waals surface area contributed by atoms with E-state index in [2.05, 4.69) is 9.51 Å². The average Bonchev–Trinajstić information content (AvgIpc) is 3.02. The molecule has 12 heteroatoms. The third-order valence-corrected chi connectivity index (χ3v) is 4.50. The van der Waals surface area contributed by atoms with Crippen LogP contribution >= 0.6 is 7.82 Å². The summed E-state index contributed by atoms with van der Waals surface area (Å²) in [6.45, 7) is -0.537. The van der Waals surface area contributed by atoms with Crippen LogP contribution in [-0.4, -0.2) is 44.1 Å². The molecule has 0 unspecified atom stereocenters. The topological polar surface area (TPSA) is 163 Å². The first-order valence-corrected chi connectivity index (χ1v) is 9.72. The maximum atomic E-state index is 12.3. The number of phosphoric ester groups is 1. The van der Waals surface area contributed by atoms with Crippen molar-refractivity contribution in [2.75, 3.05) is 12.3 Å². The van der Waals surface area contributed by atoms with E-state index < -0.39 is 44.5 Å². The van der Waals surface area contributed by atoms with Crippen molar-refractivity contribution >= 4 is 19.6 Å². The number of nitrogen functional groups attached to an aromatic ring is 1. The lowest BCUT2D eigenvalue weighted by molar-refractivity contribution is -0.0512. The van der Waals surface area contributed by atoms with Gasteiger partial charge in [-0.3, -0.25) is 9.09 Å². The minimum atomic E-state index is -4.76. The number of rotatable bonds is 6. The Bertz CT molecular complexity index is 944. The number of carbonyl (C=O) groups is 1. The highest BCUT2D eigenvalue weighted by Crippen LogP contribution is 2.38. The van der Waals surface area contributed by atoms with Crippen molar-refractivity contribution < 1.29 is 33.1 Å². The fraction of sp³-hybridized carbons (Fsp3) is 0.312. The normalized spacial score (nSPS) is 22.1. The van der Waals surface area contributed by atoms with Gasteiger partial charge < -0.3 is 25.0 Å². The quantitative estimate of drug-likeness (QED) is 0.449. The number of hydrogen-bond donors (Lipinski definition) is 3. The fourth-order valence-corrected chi connectivity index (χ4v) is 3.08. The molecule has 4 N–H and O–H groups in total. The maximum Gasteiger partial charge on any atom is 0.469 e. The Morgan fingerprint density at radius 2 is 2.04 bits per heavy atom. The highest BCUT2D eigenvalue weighted by molar-refractivity contribution is 7.46. The first-order chi connectivity index (χ1) is 13.2. The van der Waals surface area contributed by atoms with Crippen molar-refractivity contribution in [3.8, 4) is 0 Å². The summed E-state index contributed by atoms with van der Waals surface area (Å²) in [4.78, 5) is 45.8. The van der Waals surface area contributed by atoms with Crippen molar-refractivity contribution in [3.05, 3.63) is 58.6 Å². The molecule has 0 amide bonds. The number of ether oxygens (including phenoxy) is 2. The molecule has 1 aliphatic heterocycles. The van der Waals surface area contributed by atoms with Crippen molar-refractivity contribution in [2.45, 2.75) is 24.9 Å². The minimum absolute atomic E-state index is 0.0349. The van der Waals surface area contributed by atoms with E-state index in [1.165, 1.54) is 12.3 Å². The van der Waals surface area contributed by atoms with Gasteiger partial charge in [0.25, 0.3) is 0 Å². The molecule has 3 atom stereocenters. The van der Waals surface area contributed by atoms with Gasteiger partial charge in [0.1, 0.15) is 24.3 Å². The molecule has 11 nitrogen and oxygen atoms in total. The van der Waals surface area contributed by atoms with Crippen LogP contribution in [0.5, 0.6) is 0 Å². The van der Waals surface area contributed by atoms with Gasteiger partial charge in [-0.15, -0.1) is 0 Å². The zero-order valence-electron chi connectivity index (χ0n) is 14.5. The molecular weight excluding hydrogens is 393 g/mol. The first-order valence-electron chi connectivity index (χ1n) is 8.19. The highest BCUT2D eigenvalue weighted by Gasteiger charge is 2.40. The molecule has 1 aromatic carbocycles. The number of anilines is 1. The lowest BCUT2D eigenvalue weighted by atomic mass is 10.1. The van der Waals surface area contributed by atoms with Gasteiger partial charge in [0.2, 0.25) is 0 Å². The molecule has 3 rings (SSSR count). The second-order valence-electron chi connectivity index (χ2n) is 6.00. The standard InChI is InChI=1S/C16H18N3O8P/c17-13-6-7-19(16(21)18-13)14-8-11(12(26-14)9-25-28(22,23)24)27-15(20)10-4-2-1-3-5-10/h1-7,11-12,14H,8-9H2,(H2,17,18,21)(H2,22,23,24)/t11-,12+,14+/m0/s1. The molecule has 1 aromatic heterocycles. The summed E-state index contributed by atoms with van der Waals surface area (Å²) >= 11 is 0. The number of esters is 1. The van der Waals surface area contributed by atoms with Gasteiger partial charge in [-0.2, -0.15) is 4.98 Å². The SMILES string of the molecule is Nc1ccn([C@H]2C[C@H](OC(=O)c3ccccc3)[C@@H](COP(=O)(O)O)O2)c(=O)n1. The number of nitrogens with two attached hydrogens (primary N) is 1. The van der Waals surface area contributed by atoms with E-state index in [1.807, 2.05) is 0 Å². The molecule has 1 fully saturated rings. The van der Waals surface area contributed by atoms with Crippen LogP contribution in [0.15, 0.2) is 47.4 Å². The van der Waals surface area contributed by atoms with E-state index >= 15 is 0 Å². The molecule has 1 aliphatic rings. The summed E-state index contributed by atoms with van der Waals surface area (Å²) in [6.07, 6.45) is -1.36. The van der Waals surface area contributed by atoms with Gasteiger partial charge >= 0.3 is 19.5 Å². The molecule has 28 heavy (non-hydrogen) atoms. The van der Waals surface area contributed by atoms with E-state index in [-0.39, 0.29) is 12.2 Å². The Morgan fingerprint density at radius 1 is 1.32 bits per heavy atom. The lowest BCUT2D eigenvalue weighted by Gasteiger charge is -2.19. The molecule has 0 aliphatic carbocycles. The first kappa shape index (κ1) is 20.2. The Morgan fingerprint density at radius 3 is 2.68 bits per heavy atom. The molecule has 150 valence electrons. The van der Waals surface area contributed by atoms with Crippen LogP contribution < -0.4 is 11.4 Å². The molecule has 2 heterocycles. The van der Waals surface area contributed by atoms with Gasteiger partial charge in [0, 0.05) is 12.6 Å². The number of benzene rings is 1. The number of phosphoric acid groups is 1. The third kappa shape index (κ3) is 5.03. The van der Waals surface area contributed by atoms with Gasteiger partial charge in [-0.1, -0.05) is 18.2 Å². The zero-order valence-corrected chi connectivity index (χ0v) is 15.3. The largest absolute Gasteiger partial charge is 0.469 e. The molecular formula is C16H18N3O8P. The Balaban J connectivity index is 1.79.